The lowest BCUT2D eigenvalue weighted by Crippen LogP contribution is -2.20. The third-order valence-electron chi connectivity index (χ3n) is 2.56. The van der Waals surface area contributed by atoms with Crippen LogP contribution in [0.15, 0.2) is 6.33 Å². The third-order valence-corrected chi connectivity index (χ3v) is 2.56. The van der Waals surface area contributed by atoms with Crippen molar-refractivity contribution in [2.75, 3.05) is 0 Å². The average molecular weight is 164 g/mol. The van der Waals surface area contributed by atoms with Crippen LogP contribution in [-0.4, -0.2) is 15.8 Å². The summed E-state index contributed by atoms with van der Waals surface area (Å²) in [4.78, 5) is 18.4. The highest BCUT2D eigenvalue weighted by Crippen LogP contribution is 2.22. The molecule has 0 saturated carbocycles. The molecule has 0 radical (unpaired) electrons. The quantitative estimate of drug-likeness (QED) is 0.675. The van der Waals surface area contributed by atoms with Crippen molar-refractivity contribution in [3.05, 3.63) is 17.7 Å². The van der Waals surface area contributed by atoms with Crippen LogP contribution in [0.25, 0.3) is 0 Å². The molecule has 0 aliphatic heterocycles. The number of fused-ring (bicyclic) bond motifs is 1. The number of hydrogen-bond acceptors (Lipinski definition) is 2. The van der Waals surface area contributed by atoms with E-state index in [1.807, 2.05) is 0 Å². The number of imidazole rings is 1. The Kier molecular flexibility index (Phi) is 1.71. The van der Waals surface area contributed by atoms with Crippen molar-refractivity contribution >= 4 is 5.78 Å². The van der Waals surface area contributed by atoms with Gasteiger partial charge in [-0.1, -0.05) is 0 Å². The third kappa shape index (κ3) is 1.15. The predicted octanol–water partition coefficient (Wildman–Crippen LogP) is 1.10. The number of carbonyl (C=O) groups excluding carboxylic acids is 1. The molecule has 1 aliphatic rings. The molecule has 0 spiro atoms. The Morgan fingerprint density at radius 3 is 3.33 bits per heavy atom. The van der Waals surface area contributed by atoms with Gasteiger partial charge in [-0.3, -0.25) is 4.79 Å². The van der Waals surface area contributed by atoms with Crippen molar-refractivity contribution < 1.29 is 4.79 Å². The lowest BCUT2D eigenvalue weighted by atomic mass is 9.87. The molecule has 1 atom stereocenters. The molecule has 1 aromatic rings. The van der Waals surface area contributed by atoms with Gasteiger partial charge in [-0.2, -0.15) is 0 Å². The zero-order valence-electron chi connectivity index (χ0n) is 7.13. The maximum atomic E-state index is 11.1. The highest BCUT2D eigenvalue weighted by Gasteiger charge is 2.23. The summed E-state index contributed by atoms with van der Waals surface area (Å²) in [5, 5.41) is 0. The minimum Gasteiger partial charge on any atom is -0.348 e. The van der Waals surface area contributed by atoms with E-state index in [1.54, 1.807) is 13.3 Å². The van der Waals surface area contributed by atoms with E-state index in [4.69, 9.17) is 0 Å². The summed E-state index contributed by atoms with van der Waals surface area (Å²) in [7, 11) is 0. The molecular formula is C9H12N2O. The number of nitrogens with one attached hydrogen (secondary N) is 1. The van der Waals surface area contributed by atoms with Crippen molar-refractivity contribution in [3.63, 3.8) is 0 Å². The van der Waals surface area contributed by atoms with Gasteiger partial charge in [0.15, 0.2) is 0 Å². The van der Waals surface area contributed by atoms with Gasteiger partial charge in [-0.05, 0) is 19.8 Å². The van der Waals surface area contributed by atoms with Gasteiger partial charge in [0.1, 0.15) is 5.78 Å². The van der Waals surface area contributed by atoms with Gasteiger partial charge in [-0.15, -0.1) is 0 Å². The minimum absolute atomic E-state index is 0.209. The van der Waals surface area contributed by atoms with Crippen molar-refractivity contribution in [1.82, 2.24) is 9.97 Å². The van der Waals surface area contributed by atoms with E-state index in [0.717, 1.165) is 25.0 Å². The van der Waals surface area contributed by atoms with E-state index < -0.39 is 0 Å². The standard InChI is InChI=1S/C9H12N2O/c1-6(12)7-2-3-8-9(4-7)11-5-10-8/h5,7H,2-4H2,1H3,(H,10,11). The normalized spacial score (nSPS) is 21.9. The molecule has 1 aliphatic carbocycles. The highest BCUT2D eigenvalue weighted by molar-refractivity contribution is 5.78. The van der Waals surface area contributed by atoms with Crippen LogP contribution >= 0.6 is 0 Å². The number of aromatic nitrogens is 2. The van der Waals surface area contributed by atoms with Gasteiger partial charge in [0.25, 0.3) is 0 Å². The first kappa shape index (κ1) is 7.53. The molecule has 2 rings (SSSR count). The summed E-state index contributed by atoms with van der Waals surface area (Å²) >= 11 is 0. The van der Waals surface area contributed by atoms with E-state index >= 15 is 0 Å². The number of nitrogens with zero attached hydrogens (tertiary/aromatic N) is 1. The fourth-order valence-electron chi connectivity index (χ4n) is 1.74. The second kappa shape index (κ2) is 2.73. The Bertz CT molecular complexity index is 303. The van der Waals surface area contributed by atoms with Gasteiger partial charge in [0.2, 0.25) is 0 Å². The molecule has 0 aromatic carbocycles. The largest absolute Gasteiger partial charge is 0.348 e. The van der Waals surface area contributed by atoms with Crippen LogP contribution < -0.4 is 0 Å². The first-order valence-electron chi connectivity index (χ1n) is 4.29. The van der Waals surface area contributed by atoms with Crippen molar-refractivity contribution in [2.45, 2.75) is 26.2 Å². The molecular weight excluding hydrogens is 152 g/mol. The van der Waals surface area contributed by atoms with Crippen LogP contribution in [0.4, 0.5) is 0 Å². The first-order valence-corrected chi connectivity index (χ1v) is 4.29. The smallest absolute Gasteiger partial charge is 0.133 e. The Labute approximate surface area is 71.2 Å². The molecule has 3 nitrogen and oxygen atoms in total. The Hall–Kier alpha value is -1.12. The van der Waals surface area contributed by atoms with Crippen LogP contribution in [0.2, 0.25) is 0 Å². The van der Waals surface area contributed by atoms with Crippen LogP contribution in [0.5, 0.6) is 0 Å². The number of rotatable bonds is 1. The summed E-state index contributed by atoms with van der Waals surface area (Å²) in [5.74, 6) is 0.504. The van der Waals surface area contributed by atoms with Gasteiger partial charge < -0.3 is 4.98 Å². The van der Waals surface area contributed by atoms with E-state index in [9.17, 15) is 4.79 Å². The second-order valence-electron chi connectivity index (χ2n) is 3.38. The monoisotopic (exact) mass is 164 g/mol. The highest BCUT2D eigenvalue weighted by atomic mass is 16.1. The lowest BCUT2D eigenvalue weighted by molar-refractivity contribution is -0.121. The number of Topliss-reactive ketones (excluding diaryl/α,β-unsaturated/α-hetero) is 1. The molecule has 12 heavy (non-hydrogen) atoms. The number of ketones is 1. The minimum atomic E-state index is 0.209. The van der Waals surface area contributed by atoms with Gasteiger partial charge in [0, 0.05) is 18.0 Å². The molecule has 0 saturated heterocycles. The maximum Gasteiger partial charge on any atom is 0.133 e. The van der Waals surface area contributed by atoms with Crippen molar-refractivity contribution in [2.24, 2.45) is 5.92 Å². The van der Waals surface area contributed by atoms with Crippen molar-refractivity contribution in [1.29, 1.82) is 0 Å². The Morgan fingerprint density at radius 1 is 1.75 bits per heavy atom. The first-order chi connectivity index (χ1) is 5.77. The lowest BCUT2D eigenvalue weighted by Gasteiger charge is -2.17. The topological polar surface area (TPSA) is 45.8 Å². The van der Waals surface area contributed by atoms with Crippen LogP contribution in [-0.2, 0) is 17.6 Å². The number of H-pyrrole nitrogens is 1. The molecule has 0 bridgehead atoms. The van der Waals surface area contributed by atoms with Gasteiger partial charge in [0.05, 0.1) is 12.0 Å². The second-order valence-corrected chi connectivity index (χ2v) is 3.38. The van der Waals surface area contributed by atoms with Crippen molar-refractivity contribution in [3.8, 4) is 0 Å². The molecule has 64 valence electrons. The van der Waals surface area contributed by atoms with E-state index in [1.165, 1.54) is 5.69 Å². The maximum absolute atomic E-state index is 11.1. The summed E-state index contributed by atoms with van der Waals surface area (Å²) in [5.41, 5.74) is 2.30. The average Bonchev–Trinajstić information content (AvgIpc) is 2.49. The molecule has 0 amide bonds. The molecule has 1 aromatic heterocycles. The Morgan fingerprint density at radius 2 is 2.58 bits per heavy atom. The zero-order valence-corrected chi connectivity index (χ0v) is 7.13. The van der Waals surface area contributed by atoms with Crippen LogP contribution in [0, 0.1) is 5.92 Å². The fourth-order valence-corrected chi connectivity index (χ4v) is 1.74. The van der Waals surface area contributed by atoms with Gasteiger partial charge in [-0.25, -0.2) is 4.98 Å². The van der Waals surface area contributed by atoms with E-state index in [2.05, 4.69) is 9.97 Å². The summed E-state index contributed by atoms with van der Waals surface area (Å²) < 4.78 is 0. The summed E-state index contributed by atoms with van der Waals surface area (Å²) in [6.45, 7) is 1.67. The predicted molar refractivity (Wildman–Crippen MR) is 44.8 cm³/mol. The summed E-state index contributed by atoms with van der Waals surface area (Å²) in [6.07, 6.45) is 4.49. The zero-order chi connectivity index (χ0) is 8.55. The molecule has 0 fully saturated rings. The molecule has 1 N–H and O–H groups in total. The van der Waals surface area contributed by atoms with Crippen LogP contribution in [0.3, 0.4) is 0 Å². The summed E-state index contributed by atoms with van der Waals surface area (Å²) in [6, 6.07) is 0. The van der Waals surface area contributed by atoms with E-state index in [-0.39, 0.29) is 5.92 Å². The molecule has 3 heteroatoms. The SMILES string of the molecule is CC(=O)C1CCc2[nH]cnc2C1. The number of carbonyl (C=O) groups is 1. The number of hydrogen-bond donors (Lipinski definition) is 1. The van der Waals surface area contributed by atoms with Gasteiger partial charge >= 0.3 is 0 Å². The fraction of sp³-hybridized carbons (Fsp3) is 0.556. The molecule has 1 heterocycles. The Balaban J connectivity index is 2.20. The molecule has 1 unspecified atom stereocenters. The number of aryl methyl sites for hydroxylation is 1. The number of aromatic amines is 1. The van der Waals surface area contributed by atoms with Crippen LogP contribution in [0.1, 0.15) is 24.7 Å². The van der Waals surface area contributed by atoms with E-state index in [0.29, 0.717) is 5.78 Å².